The van der Waals surface area contributed by atoms with E-state index in [9.17, 15) is 0 Å². The Morgan fingerprint density at radius 2 is 2.22 bits per heavy atom. The molecule has 1 fully saturated rings. The number of piperidine rings is 1. The molecule has 1 heterocycles. The molecule has 0 aliphatic carbocycles. The third-order valence-corrected chi connectivity index (χ3v) is 4.11. The lowest BCUT2D eigenvalue weighted by Crippen LogP contribution is -2.40. The number of rotatable bonds is 4. The standard InChI is InChI=1S/C16H26N2/c1-13-7-6-9-16(11-13)18(3)14(2)12-15-8-4-5-10-17-15/h6-7,9,11,14-15,17H,4-5,8,10,12H2,1-3H3. The summed E-state index contributed by atoms with van der Waals surface area (Å²) in [6, 6.07) is 10.1. The molecule has 1 aliphatic rings. The first kappa shape index (κ1) is 13.4. The van der Waals surface area contributed by atoms with Gasteiger partial charge in [-0.05, 0) is 57.4 Å². The van der Waals surface area contributed by atoms with Crippen LogP contribution in [0, 0.1) is 6.92 Å². The maximum absolute atomic E-state index is 3.64. The van der Waals surface area contributed by atoms with Crippen molar-refractivity contribution in [3.8, 4) is 0 Å². The molecule has 0 bridgehead atoms. The third kappa shape index (κ3) is 3.49. The predicted molar refractivity (Wildman–Crippen MR) is 79.3 cm³/mol. The number of hydrogen-bond acceptors (Lipinski definition) is 2. The van der Waals surface area contributed by atoms with Crippen LogP contribution in [0.1, 0.15) is 38.2 Å². The third-order valence-electron chi connectivity index (χ3n) is 4.11. The molecule has 2 nitrogen and oxygen atoms in total. The molecule has 100 valence electrons. The van der Waals surface area contributed by atoms with Gasteiger partial charge in [0.2, 0.25) is 0 Å². The fourth-order valence-electron chi connectivity index (χ4n) is 2.80. The van der Waals surface area contributed by atoms with Crippen LogP contribution in [0.5, 0.6) is 0 Å². The second-order valence-electron chi connectivity index (χ2n) is 5.68. The van der Waals surface area contributed by atoms with E-state index in [1.165, 1.54) is 43.5 Å². The first-order valence-electron chi connectivity index (χ1n) is 7.19. The van der Waals surface area contributed by atoms with Gasteiger partial charge in [0.25, 0.3) is 0 Å². The zero-order valence-electron chi connectivity index (χ0n) is 11.9. The number of aryl methyl sites for hydroxylation is 1. The van der Waals surface area contributed by atoms with Gasteiger partial charge in [0.15, 0.2) is 0 Å². The molecule has 1 aliphatic heterocycles. The van der Waals surface area contributed by atoms with Crippen molar-refractivity contribution >= 4 is 5.69 Å². The van der Waals surface area contributed by atoms with Crippen LogP contribution in [0.4, 0.5) is 5.69 Å². The lowest BCUT2D eigenvalue weighted by atomic mass is 9.98. The number of hydrogen-bond donors (Lipinski definition) is 1. The molecule has 2 atom stereocenters. The zero-order valence-corrected chi connectivity index (χ0v) is 11.9. The Morgan fingerprint density at radius 1 is 1.39 bits per heavy atom. The molecule has 2 rings (SSSR count). The molecule has 0 radical (unpaired) electrons. The monoisotopic (exact) mass is 246 g/mol. The number of nitrogens with one attached hydrogen (secondary N) is 1. The lowest BCUT2D eigenvalue weighted by Gasteiger charge is -2.32. The highest BCUT2D eigenvalue weighted by atomic mass is 15.1. The van der Waals surface area contributed by atoms with E-state index in [1.54, 1.807) is 0 Å². The first-order valence-corrected chi connectivity index (χ1v) is 7.19. The number of nitrogens with zero attached hydrogens (tertiary/aromatic N) is 1. The summed E-state index contributed by atoms with van der Waals surface area (Å²) in [5.74, 6) is 0. The summed E-state index contributed by atoms with van der Waals surface area (Å²) in [4.78, 5) is 2.41. The average Bonchev–Trinajstić information content (AvgIpc) is 2.39. The summed E-state index contributed by atoms with van der Waals surface area (Å²) in [6.45, 7) is 5.69. The van der Waals surface area contributed by atoms with Gasteiger partial charge < -0.3 is 10.2 Å². The van der Waals surface area contributed by atoms with Crippen LogP contribution in [0.2, 0.25) is 0 Å². The molecule has 18 heavy (non-hydrogen) atoms. The van der Waals surface area contributed by atoms with Crippen molar-refractivity contribution in [1.29, 1.82) is 0 Å². The van der Waals surface area contributed by atoms with Crippen LogP contribution in [0.3, 0.4) is 0 Å². The molecule has 0 amide bonds. The van der Waals surface area contributed by atoms with Crippen molar-refractivity contribution in [2.45, 2.75) is 51.6 Å². The Bertz CT molecular complexity index is 369. The van der Waals surface area contributed by atoms with E-state index >= 15 is 0 Å². The van der Waals surface area contributed by atoms with E-state index in [0.717, 1.165) is 0 Å². The van der Waals surface area contributed by atoms with Crippen LogP contribution < -0.4 is 10.2 Å². The summed E-state index contributed by atoms with van der Waals surface area (Å²) in [5.41, 5.74) is 2.67. The molecule has 1 aromatic rings. The molecule has 0 spiro atoms. The smallest absolute Gasteiger partial charge is 0.0368 e. The minimum absolute atomic E-state index is 0.586. The summed E-state index contributed by atoms with van der Waals surface area (Å²) in [5, 5.41) is 3.64. The molecule has 0 saturated carbocycles. The molecule has 1 N–H and O–H groups in total. The highest BCUT2D eigenvalue weighted by molar-refractivity contribution is 5.48. The quantitative estimate of drug-likeness (QED) is 0.876. The highest BCUT2D eigenvalue weighted by Gasteiger charge is 2.18. The average molecular weight is 246 g/mol. The van der Waals surface area contributed by atoms with Crippen molar-refractivity contribution in [3.63, 3.8) is 0 Å². The van der Waals surface area contributed by atoms with Crippen LogP contribution >= 0.6 is 0 Å². The van der Waals surface area contributed by atoms with Crippen LogP contribution in [-0.2, 0) is 0 Å². The summed E-state index contributed by atoms with van der Waals surface area (Å²) < 4.78 is 0. The minimum atomic E-state index is 0.586. The van der Waals surface area contributed by atoms with Gasteiger partial charge in [0, 0.05) is 24.8 Å². The van der Waals surface area contributed by atoms with E-state index in [2.05, 4.69) is 55.4 Å². The van der Waals surface area contributed by atoms with Crippen molar-refractivity contribution < 1.29 is 0 Å². The summed E-state index contributed by atoms with van der Waals surface area (Å²) in [6.07, 6.45) is 5.31. The van der Waals surface area contributed by atoms with E-state index in [4.69, 9.17) is 0 Å². The Hall–Kier alpha value is -1.02. The van der Waals surface area contributed by atoms with Crippen molar-refractivity contribution in [1.82, 2.24) is 5.32 Å². The van der Waals surface area contributed by atoms with Gasteiger partial charge in [-0.25, -0.2) is 0 Å². The maximum Gasteiger partial charge on any atom is 0.0368 e. The van der Waals surface area contributed by atoms with Crippen LogP contribution in [-0.4, -0.2) is 25.7 Å². The molecule has 2 unspecified atom stereocenters. The van der Waals surface area contributed by atoms with Gasteiger partial charge in [0.05, 0.1) is 0 Å². The van der Waals surface area contributed by atoms with Gasteiger partial charge in [-0.1, -0.05) is 18.6 Å². The highest BCUT2D eigenvalue weighted by Crippen LogP contribution is 2.20. The van der Waals surface area contributed by atoms with Gasteiger partial charge in [-0.3, -0.25) is 0 Å². The minimum Gasteiger partial charge on any atom is -0.372 e. The SMILES string of the molecule is Cc1cccc(N(C)C(C)CC2CCCCN2)c1. The fraction of sp³-hybridized carbons (Fsp3) is 0.625. The maximum atomic E-state index is 3.64. The van der Waals surface area contributed by atoms with E-state index in [-0.39, 0.29) is 0 Å². The molecule has 2 heteroatoms. The molecular formula is C16H26N2. The Balaban J connectivity index is 1.93. The summed E-state index contributed by atoms with van der Waals surface area (Å²) >= 11 is 0. The Labute approximate surface area is 111 Å². The summed E-state index contributed by atoms with van der Waals surface area (Å²) in [7, 11) is 2.21. The van der Waals surface area contributed by atoms with E-state index < -0.39 is 0 Å². The Morgan fingerprint density at radius 3 is 2.89 bits per heavy atom. The molecule has 1 aromatic carbocycles. The second kappa shape index (κ2) is 6.24. The number of benzene rings is 1. The van der Waals surface area contributed by atoms with E-state index in [0.29, 0.717) is 12.1 Å². The van der Waals surface area contributed by atoms with Crippen LogP contribution in [0.15, 0.2) is 24.3 Å². The van der Waals surface area contributed by atoms with Gasteiger partial charge in [0.1, 0.15) is 0 Å². The largest absolute Gasteiger partial charge is 0.372 e. The van der Waals surface area contributed by atoms with Gasteiger partial charge in [-0.2, -0.15) is 0 Å². The van der Waals surface area contributed by atoms with Crippen LogP contribution in [0.25, 0.3) is 0 Å². The van der Waals surface area contributed by atoms with Crippen molar-refractivity contribution in [3.05, 3.63) is 29.8 Å². The predicted octanol–water partition coefficient (Wildman–Crippen LogP) is 3.35. The normalized spacial score (nSPS) is 21.6. The molecule has 1 saturated heterocycles. The molecular weight excluding hydrogens is 220 g/mol. The lowest BCUT2D eigenvalue weighted by molar-refractivity contribution is 0.362. The second-order valence-corrected chi connectivity index (χ2v) is 5.68. The number of anilines is 1. The van der Waals surface area contributed by atoms with Crippen molar-refractivity contribution in [2.24, 2.45) is 0 Å². The van der Waals surface area contributed by atoms with Crippen molar-refractivity contribution in [2.75, 3.05) is 18.5 Å². The first-order chi connectivity index (χ1) is 8.66. The molecule has 0 aromatic heterocycles. The fourth-order valence-corrected chi connectivity index (χ4v) is 2.80. The van der Waals surface area contributed by atoms with Gasteiger partial charge >= 0.3 is 0 Å². The zero-order chi connectivity index (χ0) is 13.0. The van der Waals surface area contributed by atoms with E-state index in [1.807, 2.05) is 0 Å². The Kier molecular flexibility index (Phi) is 4.65. The topological polar surface area (TPSA) is 15.3 Å². The van der Waals surface area contributed by atoms with Gasteiger partial charge in [-0.15, -0.1) is 0 Å².